The Kier molecular flexibility index (Phi) is 6.77. The van der Waals surface area contributed by atoms with Crippen LogP contribution in [0.25, 0.3) is 0 Å². The summed E-state index contributed by atoms with van der Waals surface area (Å²) in [6.07, 6.45) is 0.0457. The van der Waals surface area contributed by atoms with Gasteiger partial charge in [-0.3, -0.25) is 9.52 Å². The second-order valence-electron chi connectivity index (χ2n) is 4.56. The predicted octanol–water partition coefficient (Wildman–Crippen LogP) is 4.03. The zero-order chi connectivity index (χ0) is 17.5. The molecule has 0 aliphatic rings. The Labute approximate surface area is 150 Å². The van der Waals surface area contributed by atoms with Crippen LogP contribution in [0.5, 0.6) is 5.75 Å². The summed E-state index contributed by atoms with van der Waals surface area (Å²) in [5.74, 6) is -0.976. The van der Waals surface area contributed by atoms with E-state index in [4.69, 9.17) is 16.8 Å². The Bertz CT molecular complexity index is 757. The summed E-state index contributed by atoms with van der Waals surface area (Å²) >= 11 is 5.80. The second kappa shape index (κ2) is 8.81. The molecule has 5 nitrogen and oxygen atoms in total. The normalized spacial score (nSPS) is 11.3. The van der Waals surface area contributed by atoms with Gasteiger partial charge < -0.3 is 10.3 Å². The molecule has 0 saturated heterocycles. The average molecular weight is 387 g/mol. The number of nitrogens with one attached hydrogen (secondary N) is 1. The minimum Gasteiger partial charge on any atom is -0.506 e. The Morgan fingerprint density at radius 1 is 1.25 bits per heavy atom. The zero-order valence-corrected chi connectivity index (χ0v) is 14.5. The first-order valence-electron chi connectivity index (χ1n) is 6.57. The van der Waals surface area contributed by atoms with Gasteiger partial charge in [-0.05, 0) is 52.8 Å². The fourth-order valence-corrected chi connectivity index (χ4v) is 3.43. The van der Waals surface area contributed by atoms with Gasteiger partial charge in [0.1, 0.15) is 17.3 Å². The van der Waals surface area contributed by atoms with Crippen LogP contribution in [0.3, 0.4) is 0 Å². The monoisotopic (exact) mass is 386 g/mol. The van der Waals surface area contributed by atoms with Crippen LogP contribution < -0.4 is 4.72 Å². The van der Waals surface area contributed by atoms with Crippen molar-refractivity contribution in [3.63, 3.8) is 0 Å². The number of carbonyl (C=O) groups excluding carboxylic acids is 1. The van der Waals surface area contributed by atoms with E-state index in [2.05, 4.69) is 9.88 Å². The highest BCUT2D eigenvalue weighted by atomic mass is 35.5. The molecular formula is C15H12ClFN2O3S2. The van der Waals surface area contributed by atoms with E-state index in [9.17, 15) is 14.3 Å². The Morgan fingerprint density at radius 2 is 1.96 bits per heavy atom. The molecule has 0 atom stereocenters. The molecule has 126 valence electrons. The first kappa shape index (κ1) is 18.4. The van der Waals surface area contributed by atoms with Crippen LogP contribution in [0, 0.1) is 5.82 Å². The summed E-state index contributed by atoms with van der Waals surface area (Å²) < 4.78 is 15.3. The first-order valence-corrected chi connectivity index (χ1v) is 9.10. The molecule has 0 bridgehead atoms. The largest absolute Gasteiger partial charge is 0.506 e. The van der Waals surface area contributed by atoms with E-state index in [1.807, 2.05) is 0 Å². The minimum atomic E-state index is -0.568. The van der Waals surface area contributed by atoms with Crippen molar-refractivity contribution in [2.75, 3.05) is 0 Å². The van der Waals surface area contributed by atoms with Crippen LogP contribution in [0.2, 0.25) is 5.02 Å². The number of phenols is 1. The molecule has 0 saturated carbocycles. The van der Waals surface area contributed by atoms with Gasteiger partial charge in [0.05, 0.1) is 5.02 Å². The molecule has 3 N–H and O–H groups in total. The number of amides is 1. The van der Waals surface area contributed by atoms with Crippen molar-refractivity contribution in [3.05, 3.63) is 58.9 Å². The van der Waals surface area contributed by atoms with Gasteiger partial charge >= 0.3 is 0 Å². The lowest BCUT2D eigenvalue weighted by Crippen LogP contribution is -2.27. The van der Waals surface area contributed by atoms with Crippen molar-refractivity contribution < 1.29 is 19.5 Å². The topological polar surface area (TPSA) is 81.9 Å². The number of halogens is 2. The number of carbonyl (C=O) groups is 1. The Morgan fingerprint density at radius 3 is 2.58 bits per heavy atom. The molecule has 24 heavy (non-hydrogen) atoms. The summed E-state index contributed by atoms with van der Waals surface area (Å²) in [6, 6.07) is 10.2. The first-order chi connectivity index (χ1) is 11.5. The van der Waals surface area contributed by atoms with Crippen molar-refractivity contribution in [1.82, 2.24) is 4.72 Å². The molecule has 2 aromatic carbocycles. The number of rotatable bonds is 6. The lowest BCUT2D eigenvalue weighted by Gasteiger charge is -2.06. The van der Waals surface area contributed by atoms with Crippen LogP contribution in [0.1, 0.15) is 5.56 Å². The summed E-state index contributed by atoms with van der Waals surface area (Å²) in [4.78, 5) is 12.8. The molecule has 0 heterocycles. The molecule has 1 amide bonds. The zero-order valence-electron chi connectivity index (χ0n) is 12.1. The second-order valence-corrected chi connectivity index (χ2v) is 6.98. The van der Waals surface area contributed by atoms with Gasteiger partial charge in [0, 0.05) is 22.3 Å². The van der Waals surface area contributed by atoms with Crippen LogP contribution in [-0.2, 0) is 11.2 Å². The van der Waals surface area contributed by atoms with Gasteiger partial charge in [-0.25, -0.2) is 4.39 Å². The third-order valence-electron chi connectivity index (χ3n) is 2.85. The van der Waals surface area contributed by atoms with Crippen LogP contribution in [0.4, 0.5) is 4.39 Å². The highest BCUT2D eigenvalue weighted by Crippen LogP contribution is 2.28. The lowest BCUT2D eigenvalue weighted by atomic mass is 10.1. The van der Waals surface area contributed by atoms with E-state index in [1.165, 1.54) is 35.1 Å². The molecule has 0 aliphatic carbocycles. The molecule has 0 unspecified atom stereocenters. The molecule has 0 aliphatic heterocycles. The van der Waals surface area contributed by atoms with E-state index < -0.39 is 5.91 Å². The number of hydrogen-bond donors (Lipinski definition) is 3. The third kappa shape index (κ3) is 5.33. The van der Waals surface area contributed by atoms with E-state index in [1.54, 1.807) is 18.2 Å². The number of oxime groups is 1. The molecule has 0 aromatic heterocycles. The molecule has 2 rings (SSSR count). The van der Waals surface area contributed by atoms with Crippen molar-refractivity contribution in [2.24, 2.45) is 5.16 Å². The van der Waals surface area contributed by atoms with Crippen molar-refractivity contribution >= 4 is 45.0 Å². The summed E-state index contributed by atoms with van der Waals surface area (Å²) in [7, 11) is 2.24. The Hall–Kier alpha value is -1.90. The maximum absolute atomic E-state index is 12.8. The predicted molar refractivity (Wildman–Crippen MR) is 94.0 cm³/mol. The quantitative estimate of drug-likeness (QED) is 0.229. The summed E-state index contributed by atoms with van der Waals surface area (Å²) in [6.45, 7) is 0. The number of nitrogens with zero attached hydrogens (tertiary/aromatic N) is 1. The Balaban J connectivity index is 1.89. The smallest absolute Gasteiger partial charge is 0.279 e. The fourth-order valence-electron chi connectivity index (χ4n) is 1.67. The molecule has 0 radical (unpaired) electrons. The maximum atomic E-state index is 12.8. The standard InChI is InChI=1S/C15H12ClFN2O3S2/c16-12-7-9(1-6-14(12)20)8-13(18-22)15(21)19-24-23-11-4-2-10(17)3-5-11/h1-7,20,22H,8H2,(H,19,21)/b18-13-. The van der Waals surface area contributed by atoms with Crippen molar-refractivity contribution in [2.45, 2.75) is 11.3 Å². The average Bonchev–Trinajstić information content (AvgIpc) is 2.57. The van der Waals surface area contributed by atoms with Crippen LogP contribution in [-0.4, -0.2) is 21.9 Å². The SMILES string of the molecule is O=C(NSSc1ccc(F)cc1)/C(Cc1ccc(O)c(Cl)c1)=N\O. The van der Waals surface area contributed by atoms with Gasteiger partial charge in [0.2, 0.25) is 0 Å². The highest BCUT2D eigenvalue weighted by Gasteiger charge is 2.14. The van der Waals surface area contributed by atoms with Gasteiger partial charge in [0.15, 0.2) is 0 Å². The van der Waals surface area contributed by atoms with Gasteiger partial charge in [-0.1, -0.05) is 22.8 Å². The van der Waals surface area contributed by atoms with E-state index >= 15 is 0 Å². The molecule has 0 spiro atoms. The third-order valence-corrected chi connectivity index (χ3v) is 5.05. The molecular weight excluding hydrogens is 375 g/mol. The van der Waals surface area contributed by atoms with Crippen LogP contribution >= 0.6 is 33.4 Å². The van der Waals surface area contributed by atoms with Crippen LogP contribution in [0.15, 0.2) is 52.5 Å². The number of aromatic hydroxyl groups is 1. The fraction of sp³-hybridized carbons (Fsp3) is 0.0667. The molecule has 0 fully saturated rings. The van der Waals surface area contributed by atoms with E-state index in [0.717, 1.165) is 15.9 Å². The van der Waals surface area contributed by atoms with E-state index in [0.29, 0.717) is 5.56 Å². The van der Waals surface area contributed by atoms with Gasteiger partial charge in [-0.2, -0.15) is 0 Å². The maximum Gasteiger partial charge on any atom is 0.279 e. The molecule has 2 aromatic rings. The number of phenolic OH excluding ortho intramolecular Hbond substituents is 1. The number of benzene rings is 2. The highest BCUT2D eigenvalue weighted by molar-refractivity contribution is 8.76. The summed E-state index contributed by atoms with van der Waals surface area (Å²) in [5.41, 5.74) is 0.501. The van der Waals surface area contributed by atoms with Crippen molar-refractivity contribution in [3.8, 4) is 5.75 Å². The number of hydrogen-bond acceptors (Lipinski definition) is 6. The summed E-state index contributed by atoms with van der Waals surface area (Å²) in [5, 5.41) is 21.5. The minimum absolute atomic E-state index is 0.0457. The van der Waals surface area contributed by atoms with Crippen molar-refractivity contribution in [1.29, 1.82) is 0 Å². The van der Waals surface area contributed by atoms with Gasteiger partial charge in [-0.15, -0.1) is 0 Å². The lowest BCUT2D eigenvalue weighted by molar-refractivity contribution is -0.113. The molecule has 9 heteroatoms. The van der Waals surface area contributed by atoms with Gasteiger partial charge in [0.25, 0.3) is 5.91 Å². The van der Waals surface area contributed by atoms with E-state index in [-0.39, 0.29) is 28.7 Å².